The molecule has 3 aliphatic rings. The van der Waals surface area contributed by atoms with Crippen molar-refractivity contribution in [2.45, 2.75) is 63.5 Å². The molecule has 4 atom stereocenters. The van der Waals surface area contributed by atoms with Crippen LogP contribution in [0.25, 0.3) is 0 Å². The lowest BCUT2D eigenvalue weighted by Gasteiger charge is -2.34. The van der Waals surface area contributed by atoms with Crippen LogP contribution in [0, 0.1) is 11.8 Å². The summed E-state index contributed by atoms with van der Waals surface area (Å²) in [5.74, 6) is 1.06. The van der Waals surface area contributed by atoms with E-state index in [-0.39, 0.29) is 23.9 Å². The molecule has 4 rings (SSSR count). The molecule has 1 aromatic rings. The maximum absolute atomic E-state index is 13.3. The first-order valence-electron chi connectivity index (χ1n) is 10.5. The van der Waals surface area contributed by atoms with E-state index >= 15 is 0 Å². The highest BCUT2D eigenvalue weighted by Gasteiger charge is 2.47. The van der Waals surface area contributed by atoms with E-state index < -0.39 is 0 Å². The summed E-state index contributed by atoms with van der Waals surface area (Å²) in [4.78, 5) is 28.2. The molecule has 0 radical (unpaired) electrons. The van der Waals surface area contributed by atoms with Crippen LogP contribution in [0.2, 0.25) is 0 Å². The van der Waals surface area contributed by atoms with Crippen LogP contribution in [0.4, 0.5) is 0 Å². The minimum Gasteiger partial charge on any atom is -0.354 e. The molecule has 27 heavy (non-hydrogen) atoms. The Morgan fingerprint density at radius 1 is 1.04 bits per heavy atom. The van der Waals surface area contributed by atoms with Crippen molar-refractivity contribution in [3.8, 4) is 0 Å². The van der Waals surface area contributed by atoms with Crippen molar-refractivity contribution in [1.29, 1.82) is 0 Å². The van der Waals surface area contributed by atoms with E-state index in [0.717, 1.165) is 51.5 Å². The lowest BCUT2D eigenvalue weighted by Crippen LogP contribution is -2.50. The van der Waals surface area contributed by atoms with Crippen LogP contribution in [0.15, 0.2) is 42.5 Å². The normalized spacial score (nSPS) is 30.0. The summed E-state index contributed by atoms with van der Waals surface area (Å²) in [6, 6.07) is 9.35. The van der Waals surface area contributed by atoms with Gasteiger partial charge in [0.05, 0.1) is 0 Å². The number of amides is 2. The number of rotatable bonds is 4. The van der Waals surface area contributed by atoms with Gasteiger partial charge in [0.1, 0.15) is 6.04 Å². The van der Waals surface area contributed by atoms with Gasteiger partial charge in [-0.25, -0.2) is 0 Å². The van der Waals surface area contributed by atoms with Crippen LogP contribution >= 0.6 is 0 Å². The van der Waals surface area contributed by atoms with Crippen LogP contribution in [-0.2, 0) is 4.79 Å². The van der Waals surface area contributed by atoms with Gasteiger partial charge in [0, 0.05) is 18.2 Å². The van der Waals surface area contributed by atoms with Crippen molar-refractivity contribution in [3.05, 3.63) is 48.0 Å². The van der Waals surface area contributed by atoms with Gasteiger partial charge in [-0.3, -0.25) is 9.59 Å². The number of fused-ring (bicyclic) bond motifs is 1. The standard InChI is InChI=1S/C23H30N2O2/c26-22(24-16-17-9-3-1-4-10-17)21-15-19-13-7-8-14-20(19)25(21)23(27)18-11-5-2-6-12-18/h1-3,5-6,11-12,17,19-21H,4,7-10,13-16H2,(H,24,26). The molecule has 1 saturated heterocycles. The molecule has 144 valence electrons. The van der Waals surface area contributed by atoms with Crippen molar-refractivity contribution in [3.63, 3.8) is 0 Å². The Hall–Kier alpha value is -2.10. The fourth-order valence-electron chi connectivity index (χ4n) is 5.12. The SMILES string of the molecule is O=C(NCC1CC=CCC1)C1CC2CCCCC2N1C(=O)c1ccccc1. The molecule has 4 heteroatoms. The largest absolute Gasteiger partial charge is 0.354 e. The van der Waals surface area contributed by atoms with Crippen molar-refractivity contribution in [2.24, 2.45) is 11.8 Å². The van der Waals surface area contributed by atoms with Crippen molar-refractivity contribution in [2.75, 3.05) is 6.54 Å². The minimum atomic E-state index is -0.315. The van der Waals surface area contributed by atoms with Gasteiger partial charge in [-0.1, -0.05) is 43.2 Å². The zero-order chi connectivity index (χ0) is 18.6. The summed E-state index contributed by atoms with van der Waals surface area (Å²) in [5.41, 5.74) is 0.693. The summed E-state index contributed by atoms with van der Waals surface area (Å²) in [7, 11) is 0. The maximum Gasteiger partial charge on any atom is 0.254 e. The topological polar surface area (TPSA) is 49.4 Å². The number of carbonyl (C=O) groups excluding carboxylic acids is 2. The Morgan fingerprint density at radius 2 is 1.85 bits per heavy atom. The first-order valence-corrected chi connectivity index (χ1v) is 10.5. The van der Waals surface area contributed by atoms with Gasteiger partial charge < -0.3 is 10.2 Å². The second kappa shape index (κ2) is 8.28. The smallest absolute Gasteiger partial charge is 0.254 e. The van der Waals surface area contributed by atoms with Crippen LogP contribution in [0.5, 0.6) is 0 Å². The monoisotopic (exact) mass is 366 g/mol. The molecule has 4 unspecified atom stereocenters. The summed E-state index contributed by atoms with van der Waals surface area (Å²) in [6.07, 6.45) is 13.1. The average Bonchev–Trinajstić information content (AvgIpc) is 3.12. The molecule has 2 fully saturated rings. The fourth-order valence-corrected chi connectivity index (χ4v) is 5.12. The molecular weight excluding hydrogens is 336 g/mol. The van der Waals surface area contributed by atoms with Gasteiger partial charge in [-0.15, -0.1) is 0 Å². The van der Waals surface area contributed by atoms with Gasteiger partial charge in [0.2, 0.25) is 5.91 Å². The molecule has 1 aliphatic heterocycles. The molecule has 1 N–H and O–H groups in total. The average molecular weight is 367 g/mol. The highest BCUT2D eigenvalue weighted by atomic mass is 16.2. The Kier molecular flexibility index (Phi) is 5.61. The summed E-state index contributed by atoms with van der Waals surface area (Å²) >= 11 is 0. The third kappa shape index (κ3) is 3.95. The van der Waals surface area contributed by atoms with Crippen molar-refractivity contribution in [1.82, 2.24) is 10.2 Å². The zero-order valence-corrected chi connectivity index (χ0v) is 16.0. The molecular formula is C23H30N2O2. The second-order valence-electron chi connectivity index (χ2n) is 8.34. The van der Waals surface area contributed by atoms with E-state index in [1.165, 1.54) is 6.42 Å². The predicted molar refractivity (Wildman–Crippen MR) is 106 cm³/mol. The van der Waals surface area contributed by atoms with Gasteiger partial charge in [-0.05, 0) is 62.5 Å². The molecule has 4 nitrogen and oxygen atoms in total. The molecule has 0 bridgehead atoms. The molecule has 2 amide bonds. The van der Waals surface area contributed by atoms with Crippen molar-refractivity contribution < 1.29 is 9.59 Å². The molecule has 1 heterocycles. The maximum atomic E-state index is 13.3. The number of likely N-dealkylation sites (tertiary alicyclic amines) is 1. The number of hydrogen-bond donors (Lipinski definition) is 1. The number of benzene rings is 1. The Balaban J connectivity index is 1.49. The Bertz CT molecular complexity index is 700. The lowest BCUT2D eigenvalue weighted by atomic mass is 9.84. The first kappa shape index (κ1) is 18.3. The van der Waals surface area contributed by atoms with E-state index in [1.807, 2.05) is 35.2 Å². The van der Waals surface area contributed by atoms with Crippen LogP contribution in [-0.4, -0.2) is 35.3 Å². The fraction of sp³-hybridized carbons (Fsp3) is 0.565. The highest BCUT2D eigenvalue weighted by molar-refractivity contribution is 5.98. The minimum absolute atomic E-state index is 0.0192. The molecule has 2 aliphatic carbocycles. The zero-order valence-electron chi connectivity index (χ0n) is 16.0. The second-order valence-corrected chi connectivity index (χ2v) is 8.34. The van der Waals surface area contributed by atoms with Crippen molar-refractivity contribution >= 4 is 11.8 Å². The summed E-state index contributed by atoms with van der Waals surface area (Å²) in [5, 5.41) is 3.17. The van der Waals surface area contributed by atoms with E-state index in [1.54, 1.807) is 0 Å². The van der Waals surface area contributed by atoms with E-state index in [4.69, 9.17) is 0 Å². The number of carbonyl (C=O) groups is 2. The number of allylic oxidation sites excluding steroid dienone is 2. The first-order chi connectivity index (χ1) is 13.2. The van der Waals surface area contributed by atoms with E-state index in [2.05, 4.69) is 17.5 Å². The van der Waals surface area contributed by atoms with Gasteiger partial charge in [0.15, 0.2) is 0 Å². The molecule has 0 aromatic heterocycles. The summed E-state index contributed by atoms with van der Waals surface area (Å²) in [6.45, 7) is 0.725. The van der Waals surface area contributed by atoms with E-state index in [0.29, 0.717) is 17.4 Å². The lowest BCUT2D eigenvalue weighted by molar-refractivity contribution is -0.125. The predicted octanol–water partition coefficient (Wildman–Crippen LogP) is 3.93. The van der Waals surface area contributed by atoms with Gasteiger partial charge in [-0.2, -0.15) is 0 Å². The Labute approximate surface area is 162 Å². The molecule has 1 saturated carbocycles. The molecule has 0 spiro atoms. The quantitative estimate of drug-likeness (QED) is 0.821. The van der Waals surface area contributed by atoms with Crippen LogP contribution in [0.3, 0.4) is 0 Å². The number of nitrogens with zero attached hydrogens (tertiary/aromatic N) is 1. The van der Waals surface area contributed by atoms with Gasteiger partial charge in [0.25, 0.3) is 5.91 Å². The van der Waals surface area contributed by atoms with Gasteiger partial charge >= 0.3 is 0 Å². The number of nitrogens with one attached hydrogen (secondary N) is 1. The van der Waals surface area contributed by atoms with Crippen LogP contribution < -0.4 is 5.32 Å². The third-order valence-corrected chi connectivity index (χ3v) is 6.59. The van der Waals surface area contributed by atoms with Crippen LogP contribution in [0.1, 0.15) is 61.7 Å². The van der Waals surface area contributed by atoms with E-state index in [9.17, 15) is 9.59 Å². The number of hydrogen-bond acceptors (Lipinski definition) is 2. The third-order valence-electron chi connectivity index (χ3n) is 6.59. The Morgan fingerprint density at radius 3 is 2.63 bits per heavy atom. The highest BCUT2D eigenvalue weighted by Crippen LogP contribution is 2.40. The molecule has 1 aromatic carbocycles. The summed E-state index contributed by atoms with van der Waals surface area (Å²) < 4.78 is 0.